The van der Waals surface area contributed by atoms with Crippen molar-refractivity contribution >= 4 is 40.3 Å². The second-order valence-corrected chi connectivity index (χ2v) is 4.84. The van der Waals surface area contributed by atoms with Crippen molar-refractivity contribution < 1.29 is 17.9 Å². The summed E-state index contributed by atoms with van der Waals surface area (Å²) in [5.74, 6) is -1.60. The highest BCUT2D eigenvalue weighted by molar-refractivity contribution is 6.36. The standard InChI is InChI=1S/C13H9Cl2F3N2O/c14-6-1-2-10(7(15)3-6)20-11-5-12(21-13(17)18)8(16)4-9(11)19/h1-5,13,20H,19H2. The lowest BCUT2D eigenvalue weighted by molar-refractivity contribution is -0.0521. The molecule has 0 aliphatic carbocycles. The van der Waals surface area contributed by atoms with Crippen LogP contribution in [-0.2, 0) is 0 Å². The zero-order valence-electron chi connectivity index (χ0n) is 10.3. The molecule has 0 spiro atoms. The van der Waals surface area contributed by atoms with Crippen LogP contribution in [0.4, 0.5) is 30.2 Å². The van der Waals surface area contributed by atoms with Crippen LogP contribution in [-0.4, -0.2) is 6.61 Å². The Labute approximate surface area is 128 Å². The molecule has 0 amide bonds. The van der Waals surface area contributed by atoms with Crippen LogP contribution in [0, 0.1) is 5.82 Å². The summed E-state index contributed by atoms with van der Waals surface area (Å²) in [6.45, 7) is -3.14. The molecule has 2 aromatic carbocycles. The predicted molar refractivity (Wildman–Crippen MR) is 77.2 cm³/mol. The lowest BCUT2D eigenvalue weighted by atomic mass is 10.2. The van der Waals surface area contributed by atoms with Crippen LogP contribution in [0.1, 0.15) is 0 Å². The molecular formula is C13H9Cl2F3N2O. The van der Waals surface area contributed by atoms with E-state index in [9.17, 15) is 13.2 Å². The molecule has 3 nitrogen and oxygen atoms in total. The van der Waals surface area contributed by atoms with E-state index in [0.717, 1.165) is 12.1 Å². The van der Waals surface area contributed by atoms with Gasteiger partial charge in [0.25, 0.3) is 0 Å². The Balaban J connectivity index is 2.34. The van der Waals surface area contributed by atoms with E-state index in [0.29, 0.717) is 15.7 Å². The van der Waals surface area contributed by atoms with Gasteiger partial charge in [0.2, 0.25) is 0 Å². The molecule has 0 aliphatic rings. The third kappa shape index (κ3) is 3.86. The maximum Gasteiger partial charge on any atom is 0.387 e. The normalized spacial score (nSPS) is 10.8. The van der Waals surface area contributed by atoms with Crippen LogP contribution in [0.15, 0.2) is 30.3 Å². The third-order valence-electron chi connectivity index (χ3n) is 2.52. The van der Waals surface area contributed by atoms with E-state index >= 15 is 0 Å². The largest absolute Gasteiger partial charge is 0.432 e. The minimum Gasteiger partial charge on any atom is -0.432 e. The lowest BCUT2D eigenvalue weighted by Crippen LogP contribution is -2.06. The second-order valence-electron chi connectivity index (χ2n) is 4.00. The fraction of sp³-hybridized carbons (Fsp3) is 0.0769. The van der Waals surface area contributed by atoms with Crippen LogP contribution in [0.5, 0.6) is 5.75 Å². The van der Waals surface area contributed by atoms with E-state index in [1.807, 2.05) is 0 Å². The first-order valence-electron chi connectivity index (χ1n) is 5.62. The number of halogens is 5. The van der Waals surface area contributed by atoms with Gasteiger partial charge in [0.15, 0.2) is 11.6 Å². The van der Waals surface area contributed by atoms with Crippen LogP contribution in [0.25, 0.3) is 0 Å². The number of hydrogen-bond acceptors (Lipinski definition) is 3. The molecule has 0 fully saturated rings. The first-order chi connectivity index (χ1) is 9.86. The molecule has 0 saturated carbocycles. The molecular weight excluding hydrogens is 328 g/mol. The number of nitrogen functional groups attached to an aromatic ring is 1. The number of hydrogen-bond donors (Lipinski definition) is 2. The zero-order chi connectivity index (χ0) is 15.6. The van der Waals surface area contributed by atoms with E-state index in [2.05, 4.69) is 10.1 Å². The number of nitrogens with one attached hydrogen (secondary N) is 1. The summed E-state index contributed by atoms with van der Waals surface area (Å²) in [7, 11) is 0. The molecule has 0 unspecified atom stereocenters. The Morgan fingerprint density at radius 3 is 2.43 bits per heavy atom. The van der Waals surface area contributed by atoms with Gasteiger partial charge in [-0.15, -0.1) is 0 Å². The Morgan fingerprint density at radius 2 is 1.81 bits per heavy atom. The third-order valence-corrected chi connectivity index (χ3v) is 3.07. The summed E-state index contributed by atoms with van der Waals surface area (Å²) in [5.41, 5.74) is 6.26. The Hall–Kier alpha value is -1.79. The summed E-state index contributed by atoms with van der Waals surface area (Å²) in [5, 5.41) is 3.53. The molecule has 0 aromatic heterocycles. The fourth-order valence-corrected chi connectivity index (χ4v) is 2.05. The Bertz CT molecular complexity index is 668. The van der Waals surface area contributed by atoms with Crippen molar-refractivity contribution in [2.24, 2.45) is 0 Å². The van der Waals surface area contributed by atoms with Gasteiger partial charge in [0.05, 0.1) is 22.1 Å². The van der Waals surface area contributed by atoms with Gasteiger partial charge in [-0.25, -0.2) is 4.39 Å². The van der Waals surface area contributed by atoms with Crippen molar-refractivity contribution in [1.82, 2.24) is 0 Å². The smallest absolute Gasteiger partial charge is 0.387 e. The van der Waals surface area contributed by atoms with Gasteiger partial charge in [0.1, 0.15) is 0 Å². The van der Waals surface area contributed by atoms with Crippen LogP contribution >= 0.6 is 23.2 Å². The molecule has 21 heavy (non-hydrogen) atoms. The zero-order valence-corrected chi connectivity index (χ0v) is 11.9. The maximum absolute atomic E-state index is 13.5. The number of rotatable bonds is 4. The number of benzene rings is 2. The highest BCUT2D eigenvalue weighted by atomic mass is 35.5. The summed E-state index contributed by atoms with van der Waals surface area (Å²) in [6.07, 6.45) is 0. The van der Waals surface area contributed by atoms with Gasteiger partial charge in [-0.05, 0) is 18.2 Å². The molecule has 8 heteroatoms. The second kappa shape index (κ2) is 6.32. The highest BCUT2D eigenvalue weighted by Crippen LogP contribution is 2.34. The van der Waals surface area contributed by atoms with Gasteiger partial charge < -0.3 is 15.8 Å². The molecule has 0 atom stereocenters. The van der Waals surface area contributed by atoms with Crippen molar-refractivity contribution in [3.63, 3.8) is 0 Å². The van der Waals surface area contributed by atoms with Gasteiger partial charge in [-0.3, -0.25) is 0 Å². The molecule has 0 saturated heterocycles. The van der Waals surface area contributed by atoms with Gasteiger partial charge in [0, 0.05) is 17.2 Å². The van der Waals surface area contributed by atoms with Crippen LogP contribution in [0.3, 0.4) is 0 Å². The number of nitrogens with two attached hydrogens (primary N) is 1. The highest BCUT2D eigenvalue weighted by Gasteiger charge is 2.14. The fourth-order valence-electron chi connectivity index (χ4n) is 1.60. The predicted octanol–water partition coefficient (Wildman–Crippen LogP) is 5.06. The SMILES string of the molecule is Nc1cc(F)c(OC(F)F)cc1Nc1ccc(Cl)cc1Cl. The van der Waals surface area contributed by atoms with E-state index in [1.165, 1.54) is 6.07 Å². The average Bonchev–Trinajstić information content (AvgIpc) is 2.37. The summed E-state index contributed by atoms with van der Waals surface area (Å²) in [4.78, 5) is 0. The van der Waals surface area contributed by atoms with Crippen molar-refractivity contribution in [1.29, 1.82) is 0 Å². The van der Waals surface area contributed by atoms with Gasteiger partial charge >= 0.3 is 6.61 Å². The summed E-state index contributed by atoms with van der Waals surface area (Å²) < 4.78 is 41.9. The van der Waals surface area contributed by atoms with Crippen LogP contribution < -0.4 is 15.8 Å². The Kier molecular flexibility index (Phi) is 4.69. The van der Waals surface area contributed by atoms with E-state index in [1.54, 1.807) is 12.1 Å². The molecule has 3 N–H and O–H groups in total. The summed E-state index contributed by atoms with van der Waals surface area (Å²) >= 11 is 11.7. The topological polar surface area (TPSA) is 47.3 Å². The minimum atomic E-state index is -3.14. The van der Waals surface area contributed by atoms with Gasteiger partial charge in [-0.1, -0.05) is 23.2 Å². The number of ether oxygens (including phenoxy) is 1. The van der Waals surface area contributed by atoms with Crippen molar-refractivity contribution in [2.75, 3.05) is 11.1 Å². The van der Waals surface area contributed by atoms with Crippen molar-refractivity contribution in [3.05, 3.63) is 46.2 Å². The van der Waals surface area contributed by atoms with Crippen LogP contribution in [0.2, 0.25) is 10.0 Å². The van der Waals surface area contributed by atoms with E-state index in [-0.39, 0.29) is 11.4 Å². The molecule has 0 aliphatic heterocycles. The number of anilines is 3. The average molecular weight is 337 g/mol. The molecule has 2 rings (SSSR count). The van der Waals surface area contributed by atoms with Gasteiger partial charge in [-0.2, -0.15) is 8.78 Å². The maximum atomic E-state index is 13.5. The van der Waals surface area contributed by atoms with E-state index in [4.69, 9.17) is 28.9 Å². The molecule has 0 radical (unpaired) electrons. The first-order valence-corrected chi connectivity index (χ1v) is 6.38. The first kappa shape index (κ1) is 15.6. The summed E-state index contributed by atoms with van der Waals surface area (Å²) in [6, 6.07) is 6.54. The quantitative estimate of drug-likeness (QED) is 0.767. The van der Waals surface area contributed by atoms with Crippen molar-refractivity contribution in [3.8, 4) is 5.75 Å². The molecule has 2 aromatic rings. The monoisotopic (exact) mass is 336 g/mol. The minimum absolute atomic E-state index is 0.0140. The Morgan fingerprint density at radius 1 is 1.10 bits per heavy atom. The molecule has 0 heterocycles. The number of alkyl halides is 2. The molecule has 0 bridgehead atoms. The van der Waals surface area contributed by atoms with E-state index < -0.39 is 18.2 Å². The molecule has 112 valence electrons. The lowest BCUT2D eigenvalue weighted by Gasteiger charge is -2.14. The van der Waals surface area contributed by atoms with Crippen molar-refractivity contribution in [2.45, 2.75) is 6.61 Å².